The summed E-state index contributed by atoms with van der Waals surface area (Å²) in [7, 11) is 0. The van der Waals surface area contributed by atoms with Crippen LogP contribution in [0.2, 0.25) is 0 Å². The van der Waals surface area contributed by atoms with Crippen molar-refractivity contribution in [3.8, 4) is 31.3 Å². The first-order valence-electron chi connectivity index (χ1n) is 16.5. The second-order valence-electron chi connectivity index (χ2n) is 12.2. The molecule has 0 amide bonds. The summed E-state index contributed by atoms with van der Waals surface area (Å²) in [5, 5.41) is 2.70. The van der Waals surface area contributed by atoms with Crippen LogP contribution in [0.3, 0.4) is 0 Å². The quantitative estimate of drug-likeness (QED) is 0.141. The summed E-state index contributed by atoms with van der Waals surface area (Å²) >= 11 is 3.68. The number of aromatic nitrogens is 3. The van der Waals surface area contributed by atoms with Crippen molar-refractivity contribution < 1.29 is 0 Å². The Morgan fingerprint density at radius 1 is 0.600 bits per heavy atom. The van der Waals surface area contributed by atoms with E-state index < -0.39 is 0 Å². The van der Waals surface area contributed by atoms with Gasteiger partial charge in [0, 0.05) is 59.0 Å². The zero-order valence-electron chi connectivity index (χ0n) is 27.0. The second kappa shape index (κ2) is 12.5. The molecule has 0 aliphatic rings. The molecule has 4 aromatic heterocycles. The first-order chi connectivity index (χ1) is 22.0. The standard InChI is InChI=1S/C40H41N3S2/c1-6-9-10-11-22-43-34-23-25(4)12-15-28(34)29-16-14-27(24-35(29)43)36-20-21-38(45-36)31-18-17-30(37-19-13-26(5)44-37)39-40(31)42-33(8-3)32(7-2)41-39/h12-21,23-24H,6-11,22H2,1-5H3. The maximum absolute atomic E-state index is 5.29. The normalized spacial score (nSPS) is 11.8. The van der Waals surface area contributed by atoms with Gasteiger partial charge >= 0.3 is 0 Å². The molecule has 0 bridgehead atoms. The van der Waals surface area contributed by atoms with Crippen molar-refractivity contribution in [3.63, 3.8) is 0 Å². The molecule has 0 radical (unpaired) electrons. The third-order valence-corrected chi connectivity index (χ3v) is 11.3. The fourth-order valence-corrected chi connectivity index (χ4v) is 8.60. The fraction of sp³-hybridized carbons (Fsp3) is 0.300. The monoisotopic (exact) mass is 627 g/mol. The Morgan fingerprint density at radius 3 is 1.87 bits per heavy atom. The van der Waals surface area contributed by atoms with E-state index in [0.29, 0.717) is 0 Å². The van der Waals surface area contributed by atoms with Gasteiger partial charge in [-0.1, -0.05) is 76.4 Å². The molecule has 0 aliphatic carbocycles. The summed E-state index contributed by atoms with van der Waals surface area (Å²) < 4.78 is 2.57. The molecule has 7 rings (SSSR count). The maximum Gasteiger partial charge on any atom is 0.0983 e. The predicted molar refractivity (Wildman–Crippen MR) is 197 cm³/mol. The van der Waals surface area contributed by atoms with E-state index in [1.54, 1.807) is 0 Å². The van der Waals surface area contributed by atoms with E-state index in [2.05, 4.69) is 112 Å². The van der Waals surface area contributed by atoms with Crippen molar-refractivity contribution in [1.29, 1.82) is 0 Å². The van der Waals surface area contributed by atoms with E-state index in [0.717, 1.165) is 41.8 Å². The Hall–Kier alpha value is -3.80. The molecule has 3 nitrogen and oxygen atoms in total. The Labute approximate surface area is 274 Å². The van der Waals surface area contributed by atoms with Gasteiger partial charge in [-0.25, -0.2) is 9.97 Å². The Bertz CT molecular complexity index is 2160. The molecule has 0 fully saturated rings. The van der Waals surface area contributed by atoms with Crippen LogP contribution in [-0.2, 0) is 19.4 Å². The van der Waals surface area contributed by atoms with Crippen LogP contribution in [0.1, 0.15) is 68.3 Å². The number of thiophene rings is 2. The highest BCUT2D eigenvalue weighted by molar-refractivity contribution is 7.19. The number of rotatable bonds is 10. The molecule has 228 valence electrons. The van der Waals surface area contributed by atoms with Crippen LogP contribution in [0.25, 0.3) is 64.2 Å². The summed E-state index contributed by atoms with van der Waals surface area (Å²) in [6.07, 6.45) is 6.82. The van der Waals surface area contributed by atoms with Gasteiger partial charge in [0.15, 0.2) is 0 Å². The van der Waals surface area contributed by atoms with Crippen LogP contribution in [0.15, 0.2) is 72.8 Å². The number of aryl methyl sites for hydroxylation is 5. The topological polar surface area (TPSA) is 30.7 Å². The van der Waals surface area contributed by atoms with E-state index in [9.17, 15) is 0 Å². The van der Waals surface area contributed by atoms with Gasteiger partial charge in [0.1, 0.15) is 0 Å². The lowest BCUT2D eigenvalue weighted by atomic mass is 10.0. The minimum absolute atomic E-state index is 0.884. The van der Waals surface area contributed by atoms with Gasteiger partial charge < -0.3 is 4.57 Å². The van der Waals surface area contributed by atoms with Crippen LogP contribution in [0.4, 0.5) is 0 Å². The molecule has 0 saturated heterocycles. The van der Waals surface area contributed by atoms with E-state index in [-0.39, 0.29) is 0 Å². The fourth-order valence-electron chi connectivity index (χ4n) is 6.68. The minimum atomic E-state index is 0.884. The number of unbranched alkanes of at least 4 members (excludes halogenated alkanes) is 3. The number of benzene rings is 3. The molecular formula is C40H41N3S2. The SMILES string of the molecule is CCCCCCn1c2cc(C)ccc2c2ccc(-c3ccc(-c4ccc(-c5ccc(C)s5)c5nc(CC)c(CC)nc45)s3)cc21. The summed E-state index contributed by atoms with van der Waals surface area (Å²) in [6.45, 7) is 12.1. The zero-order valence-corrected chi connectivity index (χ0v) is 28.7. The van der Waals surface area contributed by atoms with E-state index >= 15 is 0 Å². The second-order valence-corrected chi connectivity index (χ2v) is 14.6. The molecule has 5 heteroatoms. The highest BCUT2D eigenvalue weighted by Gasteiger charge is 2.18. The highest BCUT2D eigenvalue weighted by Crippen LogP contribution is 2.42. The molecule has 7 aromatic rings. The van der Waals surface area contributed by atoms with Crippen molar-refractivity contribution in [2.45, 2.75) is 79.7 Å². The van der Waals surface area contributed by atoms with Gasteiger partial charge in [0.05, 0.1) is 22.4 Å². The van der Waals surface area contributed by atoms with Crippen molar-refractivity contribution in [1.82, 2.24) is 14.5 Å². The summed E-state index contributed by atoms with van der Waals surface area (Å²) in [4.78, 5) is 15.6. The predicted octanol–water partition coefficient (Wildman–Crippen LogP) is 12.2. The molecule has 3 aromatic carbocycles. The minimum Gasteiger partial charge on any atom is -0.340 e. The lowest BCUT2D eigenvalue weighted by molar-refractivity contribution is 0.602. The maximum atomic E-state index is 5.29. The van der Waals surface area contributed by atoms with E-state index in [1.165, 1.54) is 89.3 Å². The van der Waals surface area contributed by atoms with Crippen molar-refractivity contribution >= 4 is 55.5 Å². The van der Waals surface area contributed by atoms with Crippen molar-refractivity contribution in [2.24, 2.45) is 0 Å². The number of hydrogen-bond acceptors (Lipinski definition) is 4. The molecule has 0 saturated carbocycles. The van der Waals surface area contributed by atoms with Crippen molar-refractivity contribution in [3.05, 3.63) is 94.6 Å². The van der Waals surface area contributed by atoms with Crippen LogP contribution >= 0.6 is 22.7 Å². The Morgan fingerprint density at radius 2 is 1.22 bits per heavy atom. The third kappa shape index (κ3) is 5.51. The van der Waals surface area contributed by atoms with Gasteiger partial charge in [-0.2, -0.15) is 0 Å². The highest BCUT2D eigenvalue weighted by atomic mass is 32.1. The number of hydrogen-bond donors (Lipinski definition) is 0. The lowest BCUT2D eigenvalue weighted by Crippen LogP contribution is -2.02. The lowest BCUT2D eigenvalue weighted by Gasteiger charge is -2.12. The van der Waals surface area contributed by atoms with Gasteiger partial charge in [0.2, 0.25) is 0 Å². The van der Waals surface area contributed by atoms with Gasteiger partial charge in [-0.05, 0) is 80.6 Å². The third-order valence-electron chi connectivity index (χ3n) is 9.07. The average Bonchev–Trinajstić information content (AvgIpc) is 3.79. The average molecular weight is 628 g/mol. The molecule has 45 heavy (non-hydrogen) atoms. The number of fused-ring (bicyclic) bond motifs is 4. The Kier molecular flexibility index (Phi) is 8.32. The van der Waals surface area contributed by atoms with Gasteiger partial charge in [-0.15, -0.1) is 22.7 Å². The largest absolute Gasteiger partial charge is 0.340 e. The molecule has 0 atom stereocenters. The van der Waals surface area contributed by atoms with Crippen molar-refractivity contribution in [2.75, 3.05) is 0 Å². The van der Waals surface area contributed by atoms with E-state index in [1.807, 2.05) is 22.7 Å². The summed E-state index contributed by atoms with van der Waals surface area (Å²) in [5.41, 5.74) is 11.9. The first kappa shape index (κ1) is 29.9. The smallest absolute Gasteiger partial charge is 0.0983 e. The molecular weight excluding hydrogens is 587 g/mol. The molecule has 0 unspecified atom stereocenters. The first-order valence-corrected chi connectivity index (χ1v) is 18.1. The van der Waals surface area contributed by atoms with Crippen LogP contribution in [0, 0.1) is 13.8 Å². The summed E-state index contributed by atoms with van der Waals surface area (Å²) in [5.74, 6) is 0. The van der Waals surface area contributed by atoms with E-state index in [4.69, 9.17) is 9.97 Å². The van der Waals surface area contributed by atoms with Gasteiger partial charge in [-0.3, -0.25) is 0 Å². The van der Waals surface area contributed by atoms with Crippen LogP contribution in [0.5, 0.6) is 0 Å². The molecule has 0 spiro atoms. The van der Waals surface area contributed by atoms with Gasteiger partial charge in [0.25, 0.3) is 0 Å². The Balaban J connectivity index is 1.33. The zero-order chi connectivity index (χ0) is 31.1. The number of nitrogens with zero attached hydrogens (tertiary/aromatic N) is 3. The molecule has 0 aliphatic heterocycles. The molecule has 4 heterocycles. The summed E-state index contributed by atoms with van der Waals surface area (Å²) in [6, 6.07) is 27.5. The van der Waals surface area contributed by atoms with Crippen LogP contribution in [-0.4, -0.2) is 14.5 Å². The van der Waals surface area contributed by atoms with Crippen LogP contribution < -0.4 is 0 Å². The molecule has 0 N–H and O–H groups in total.